The molecular formula is C17H35NO3. The monoisotopic (exact) mass is 301 g/mol. The van der Waals surface area contributed by atoms with Gasteiger partial charge < -0.3 is 14.6 Å². The largest absolute Gasteiger partial charge is 0.391 e. The number of aliphatic hydroxyl groups is 1. The lowest BCUT2D eigenvalue weighted by Crippen LogP contribution is -2.49. The van der Waals surface area contributed by atoms with Crippen molar-refractivity contribution in [3.05, 3.63) is 0 Å². The van der Waals surface area contributed by atoms with Crippen LogP contribution in [-0.4, -0.2) is 61.7 Å². The lowest BCUT2D eigenvalue weighted by molar-refractivity contribution is -0.0207. The third-order valence-corrected chi connectivity index (χ3v) is 4.51. The van der Waals surface area contributed by atoms with E-state index in [0.717, 1.165) is 58.3 Å². The van der Waals surface area contributed by atoms with Crippen LogP contribution in [0.4, 0.5) is 0 Å². The molecule has 21 heavy (non-hydrogen) atoms. The Morgan fingerprint density at radius 3 is 2.14 bits per heavy atom. The SMILES string of the molecule is CCCC1CCC(O)C(N(CCOCC)CCOCC)C1. The van der Waals surface area contributed by atoms with E-state index in [9.17, 15) is 5.11 Å². The van der Waals surface area contributed by atoms with Crippen LogP contribution in [0.1, 0.15) is 52.9 Å². The van der Waals surface area contributed by atoms with E-state index in [1.807, 2.05) is 13.8 Å². The van der Waals surface area contributed by atoms with Crippen molar-refractivity contribution in [2.75, 3.05) is 39.5 Å². The minimum Gasteiger partial charge on any atom is -0.391 e. The van der Waals surface area contributed by atoms with E-state index in [4.69, 9.17) is 9.47 Å². The van der Waals surface area contributed by atoms with Crippen LogP contribution >= 0.6 is 0 Å². The molecule has 0 bridgehead atoms. The van der Waals surface area contributed by atoms with Gasteiger partial charge in [0.1, 0.15) is 0 Å². The van der Waals surface area contributed by atoms with Crippen molar-refractivity contribution in [3.8, 4) is 0 Å². The molecule has 0 aromatic carbocycles. The summed E-state index contributed by atoms with van der Waals surface area (Å²) in [5.74, 6) is 0.769. The molecule has 3 unspecified atom stereocenters. The first-order chi connectivity index (χ1) is 10.2. The zero-order chi connectivity index (χ0) is 15.5. The third-order valence-electron chi connectivity index (χ3n) is 4.51. The number of hydrogen-bond acceptors (Lipinski definition) is 4. The Bertz CT molecular complexity index is 240. The quantitative estimate of drug-likeness (QED) is 0.596. The second-order valence-electron chi connectivity index (χ2n) is 6.03. The fourth-order valence-electron chi connectivity index (χ4n) is 3.37. The Labute approximate surface area is 130 Å². The van der Waals surface area contributed by atoms with Crippen LogP contribution in [0.3, 0.4) is 0 Å². The molecule has 126 valence electrons. The summed E-state index contributed by atoms with van der Waals surface area (Å²) in [6.45, 7) is 11.1. The highest BCUT2D eigenvalue weighted by Crippen LogP contribution is 2.31. The van der Waals surface area contributed by atoms with E-state index in [0.29, 0.717) is 0 Å². The first kappa shape index (κ1) is 18.9. The zero-order valence-corrected chi connectivity index (χ0v) is 14.2. The number of nitrogens with zero attached hydrogens (tertiary/aromatic N) is 1. The Hall–Kier alpha value is -0.160. The van der Waals surface area contributed by atoms with Gasteiger partial charge in [0.25, 0.3) is 0 Å². The van der Waals surface area contributed by atoms with E-state index < -0.39 is 0 Å². The van der Waals surface area contributed by atoms with E-state index in [1.54, 1.807) is 0 Å². The van der Waals surface area contributed by atoms with E-state index in [2.05, 4.69) is 11.8 Å². The van der Waals surface area contributed by atoms with Crippen molar-refractivity contribution >= 4 is 0 Å². The molecule has 3 atom stereocenters. The van der Waals surface area contributed by atoms with Gasteiger partial charge in [-0.2, -0.15) is 0 Å². The molecule has 0 amide bonds. The number of ether oxygens (including phenoxy) is 2. The highest BCUT2D eigenvalue weighted by Gasteiger charge is 2.32. The van der Waals surface area contributed by atoms with E-state index >= 15 is 0 Å². The maximum absolute atomic E-state index is 10.4. The second-order valence-corrected chi connectivity index (χ2v) is 6.03. The maximum Gasteiger partial charge on any atom is 0.0695 e. The van der Waals surface area contributed by atoms with Gasteiger partial charge in [-0.3, -0.25) is 4.90 Å². The summed E-state index contributed by atoms with van der Waals surface area (Å²) in [4.78, 5) is 2.39. The Kier molecular flexibility index (Phi) is 10.3. The van der Waals surface area contributed by atoms with Crippen molar-refractivity contribution in [1.82, 2.24) is 4.90 Å². The molecule has 0 aromatic heterocycles. The second kappa shape index (κ2) is 11.4. The van der Waals surface area contributed by atoms with Gasteiger partial charge in [0, 0.05) is 32.3 Å². The summed E-state index contributed by atoms with van der Waals surface area (Å²) in [5, 5.41) is 10.4. The summed E-state index contributed by atoms with van der Waals surface area (Å²) in [6, 6.07) is 0.274. The van der Waals surface area contributed by atoms with Gasteiger partial charge >= 0.3 is 0 Å². The molecule has 1 fully saturated rings. The van der Waals surface area contributed by atoms with Crippen LogP contribution in [-0.2, 0) is 9.47 Å². The lowest BCUT2D eigenvalue weighted by atomic mass is 9.81. The molecule has 0 heterocycles. The Morgan fingerprint density at radius 1 is 1.00 bits per heavy atom. The summed E-state index contributed by atoms with van der Waals surface area (Å²) < 4.78 is 11.0. The minimum absolute atomic E-state index is 0.193. The first-order valence-corrected chi connectivity index (χ1v) is 8.80. The fourth-order valence-corrected chi connectivity index (χ4v) is 3.37. The van der Waals surface area contributed by atoms with Crippen LogP contribution in [0, 0.1) is 5.92 Å². The van der Waals surface area contributed by atoms with Gasteiger partial charge in [-0.1, -0.05) is 19.8 Å². The Morgan fingerprint density at radius 2 is 1.62 bits per heavy atom. The van der Waals surface area contributed by atoms with Crippen LogP contribution < -0.4 is 0 Å². The van der Waals surface area contributed by atoms with Crippen molar-refractivity contribution in [2.45, 2.75) is 65.0 Å². The molecule has 4 nitrogen and oxygen atoms in total. The molecule has 0 spiro atoms. The molecule has 0 aromatic rings. The molecule has 1 rings (SSSR count). The standard InChI is InChI=1S/C17H35NO3/c1-4-7-15-8-9-17(19)16(14-15)18(10-12-20-5-2)11-13-21-6-3/h15-17,19H,4-14H2,1-3H3. The summed E-state index contributed by atoms with van der Waals surface area (Å²) in [6.07, 6.45) is 5.57. The highest BCUT2D eigenvalue weighted by molar-refractivity contribution is 4.87. The van der Waals surface area contributed by atoms with Crippen molar-refractivity contribution in [1.29, 1.82) is 0 Å². The first-order valence-electron chi connectivity index (χ1n) is 8.80. The fraction of sp³-hybridized carbons (Fsp3) is 1.00. The molecule has 1 N–H and O–H groups in total. The number of rotatable bonds is 11. The van der Waals surface area contributed by atoms with E-state index in [-0.39, 0.29) is 12.1 Å². The third kappa shape index (κ3) is 7.09. The number of hydrogen-bond donors (Lipinski definition) is 1. The lowest BCUT2D eigenvalue weighted by Gasteiger charge is -2.40. The molecule has 1 aliphatic rings. The average molecular weight is 301 g/mol. The van der Waals surface area contributed by atoms with Gasteiger partial charge in [0.15, 0.2) is 0 Å². The van der Waals surface area contributed by atoms with Crippen LogP contribution in [0.5, 0.6) is 0 Å². The molecule has 1 aliphatic carbocycles. The maximum atomic E-state index is 10.4. The molecule has 0 radical (unpaired) electrons. The predicted molar refractivity (Wildman–Crippen MR) is 86.6 cm³/mol. The molecule has 1 saturated carbocycles. The normalized spacial score (nSPS) is 26.4. The average Bonchev–Trinajstić information content (AvgIpc) is 2.48. The molecular weight excluding hydrogens is 266 g/mol. The van der Waals surface area contributed by atoms with Crippen LogP contribution in [0.2, 0.25) is 0 Å². The van der Waals surface area contributed by atoms with E-state index in [1.165, 1.54) is 19.3 Å². The van der Waals surface area contributed by atoms with Gasteiger partial charge in [-0.25, -0.2) is 0 Å². The topological polar surface area (TPSA) is 41.9 Å². The number of aliphatic hydroxyl groups excluding tert-OH is 1. The predicted octanol–water partition coefficient (Wildman–Crippen LogP) is 2.69. The minimum atomic E-state index is -0.193. The highest BCUT2D eigenvalue weighted by atomic mass is 16.5. The summed E-state index contributed by atoms with van der Waals surface area (Å²) >= 11 is 0. The van der Waals surface area contributed by atoms with Crippen molar-refractivity contribution < 1.29 is 14.6 Å². The van der Waals surface area contributed by atoms with Gasteiger partial charge in [-0.05, 0) is 39.0 Å². The Balaban J connectivity index is 2.54. The van der Waals surface area contributed by atoms with Gasteiger partial charge in [-0.15, -0.1) is 0 Å². The smallest absolute Gasteiger partial charge is 0.0695 e. The van der Waals surface area contributed by atoms with Crippen molar-refractivity contribution in [2.24, 2.45) is 5.92 Å². The molecule has 0 aliphatic heterocycles. The van der Waals surface area contributed by atoms with Gasteiger partial charge in [0.05, 0.1) is 19.3 Å². The molecule has 0 saturated heterocycles. The van der Waals surface area contributed by atoms with Gasteiger partial charge in [0.2, 0.25) is 0 Å². The van der Waals surface area contributed by atoms with Crippen molar-refractivity contribution in [3.63, 3.8) is 0 Å². The zero-order valence-electron chi connectivity index (χ0n) is 14.2. The van der Waals surface area contributed by atoms with Crippen LogP contribution in [0.25, 0.3) is 0 Å². The van der Waals surface area contributed by atoms with Crippen LogP contribution in [0.15, 0.2) is 0 Å². The summed E-state index contributed by atoms with van der Waals surface area (Å²) in [7, 11) is 0. The summed E-state index contributed by atoms with van der Waals surface area (Å²) in [5.41, 5.74) is 0. The molecule has 4 heteroatoms.